The SMILES string of the molecule is COCCn1cc(-c2ccc(-n3nnc4cnc(N[C@@H]5CC[C@@H](O)C5)nc43)cn2)cn1. The van der Waals surface area contributed by atoms with Gasteiger partial charge in [-0.3, -0.25) is 9.67 Å². The molecule has 4 heterocycles. The molecule has 31 heavy (non-hydrogen) atoms. The molecule has 0 bridgehead atoms. The van der Waals surface area contributed by atoms with E-state index >= 15 is 0 Å². The third-order valence-corrected chi connectivity index (χ3v) is 5.38. The Morgan fingerprint density at radius 2 is 2.13 bits per heavy atom. The second-order valence-corrected chi connectivity index (χ2v) is 7.60. The Morgan fingerprint density at radius 1 is 1.19 bits per heavy atom. The van der Waals surface area contributed by atoms with Crippen molar-refractivity contribution >= 4 is 17.1 Å². The van der Waals surface area contributed by atoms with Crippen molar-refractivity contribution in [3.63, 3.8) is 0 Å². The third-order valence-electron chi connectivity index (χ3n) is 5.38. The van der Waals surface area contributed by atoms with E-state index in [2.05, 4.69) is 35.7 Å². The standard InChI is InChI=1S/C20H23N9O2/c1-31-7-6-28-12-13(9-23-28)17-5-3-15(10-21-17)29-19-18(26-27-29)11-22-20(25-19)24-14-2-4-16(30)8-14/h3,5,9-12,14,16,30H,2,4,6-8H2,1H3,(H,22,24,25)/t14-,16-/m1/s1. The fourth-order valence-electron chi connectivity index (χ4n) is 3.73. The Labute approximate surface area is 178 Å². The number of nitrogens with one attached hydrogen (secondary N) is 1. The molecule has 160 valence electrons. The highest BCUT2D eigenvalue weighted by molar-refractivity contribution is 5.72. The molecule has 11 heteroatoms. The molecule has 1 saturated carbocycles. The fraction of sp³-hybridized carbons (Fsp3) is 0.400. The predicted molar refractivity (Wildman–Crippen MR) is 113 cm³/mol. The van der Waals surface area contributed by atoms with Crippen LogP contribution in [-0.4, -0.2) is 70.7 Å². The summed E-state index contributed by atoms with van der Waals surface area (Å²) < 4.78 is 8.56. The summed E-state index contributed by atoms with van der Waals surface area (Å²) in [7, 11) is 1.67. The van der Waals surface area contributed by atoms with Crippen molar-refractivity contribution in [2.75, 3.05) is 19.0 Å². The van der Waals surface area contributed by atoms with Gasteiger partial charge in [0.1, 0.15) is 0 Å². The fourth-order valence-corrected chi connectivity index (χ4v) is 3.73. The van der Waals surface area contributed by atoms with E-state index in [1.807, 2.05) is 23.0 Å². The quantitative estimate of drug-likeness (QED) is 0.455. The van der Waals surface area contributed by atoms with Crippen LogP contribution in [-0.2, 0) is 11.3 Å². The van der Waals surface area contributed by atoms with Crippen LogP contribution in [0.3, 0.4) is 0 Å². The smallest absolute Gasteiger partial charge is 0.225 e. The van der Waals surface area contributed by atoms with Crippen LogP contribution in [0.2, 0.25) is 0 Å². The van der Waals surface area contributed by atoms with Crippen LogP contribution in [0, 0.1) is 0 Å². The van der Waals surface area contributed by atoms with Crippen LogP contribution in [0.15, 0.2) is 36.9 Å². The predicted octanol–water partition coefficient (Wildman–Crippen LogP) is 1.44. The molecule has 0 aliphatic heterocycles. The van der Waals surface area contributed by atoms with E-state index in [0.717, 1.165) is 29.8 Å². The number of aliphatic hydroxyl groups excluding tert-OH is 1. The molecule has 4 aromatic rings. The van der Waals surface area contributed by atoms with Crippen LogP contribution < -0.4 is 5.32 Å². The first-order valence-electron chi connectivity index (χ1n) is 10.2. The molecule has 0 unspecified atom stereocenters. The van der Waals surface area contributed by atoms with Gasteiger partial charge in [-0.05, 0) is 31.4 Å². The van der Waals surface area contributed by atoms with Crippen LogP contribution in [0.5, 0.6) is 0 Å². The molecule has 1 aliphatic carbocycles. The molecule has 0 amide bonds. The number of aromatic nitrogens is 8. The van der Waals surface area contributed by atoms with Gasteiger partial charge in [0.15, 0.2) is 11.2 Å². The summed E-state index contributed by atoms with van der Waals surface area (Å²) >= 11 is 0. The lowest BCUT2D eigenvalue weighted by molar-refractivity contribution is 0.182. The summed E-state index contributed by atoms with van der Waals surface area (Å²) in [5, 5.41) is 25.7. The minimum absolute atomic E-state index is 0.169. The van der Waals surface area contributed by atoms with E-state index in [0.29, 0.717) is 36.7 Å². The van der Waals surface area contributed by atoms with Crippen molar-refractivity contribution in [2.45, 2.75) is 38.0 Å². The zero-order chi connectivity index (χ0) is 21.2. The van der Waals surface area contributed by atoms with Gasteiger partial charge >= 0.3 is 0 Å². The molecule has 0 aromatic carbocycles. The molecular formula is C20H23N9O2. The van der Waals surface area contributed by atoms with E-state index in [1.54, 1.807) is 30.4 Å². The molecule has 5 rings (SSSR count). The first-order valence-corrected chi connectivity index (χ1v) is 10.2. The Kier molecular flexibility index (Phi) is 5.26. The van der Waals surface area contributed by atoms with Crippen LogP contribution in [0.4, 0.5) is 5.95 Å². The molecule has 1 fully saturated rings. The maximum absolute atomic E-state index is 9.73. The molecule has 0 radical (unpaired) electrons. The van der Waals surface area contributed by atoms with Gasteiger partial charge in [0.05, 0.1) is 49.2 Å². The highest BCUT2D eigenvalue weighted by atomic mass is 16.5. The molecule has 0 spiro atoms. The molecule has 2 N–H and O–H groups in total. The number of fused-ring (bicyclic) bond motifs is 1. The lowest BCUT2D eigenvalue weighted by atomic mass is 10.2. The highest BCUT2D eigenvalue weighted by Crippen LogP contribution is 2.23. The van der Waals surface area contributed by atoms with Gasteiger partial charge in [0, 0.05) is 24.9 Å². The van der Waals surface area contributed by atoms with Gasteiger partial charge in [0.25, 0.3) is 0 Å². The van der Waals surface area contributed by atoms with Crippen molar-refractivity contribution in [1.29, 1.82) is 0 Å². The number of nitrogens with zero attached hydrogens (tertiary/aromatic N) is 8. The number of hydrogen-bond donors (Lipinski definition) is 2. The molecule has 4 aromatic heterocycles. The molecule has 11 nitrogen and oxygen atoms in total. The number of pyridine rings is 1. The Balaban J connectivity index is 1.37. The minimum Gasteiger partial charge on any atom is -0.393 e. The summed E-state index contributed by atoms with van der Waals surface area (Å²) in [6.45, 7) is 1.29. The lowest BCUT2D eigenvalue weighted by Gasteiger charge is -2.11. The molecular weight excluding hydrogens is 398 g/mol. The highest BCUT2D eigenvalue weighted by Gasteiger charge is 2.23. The van der Waals surface area contributed by atoms with Crippen molar-refractivity contribution in [1.82, 2.24) is 39.7 Å². The first kappa shape index (κ1) is 19.5. The number of aliphatic hydroxyl groups is 1. The van der Waals surface area contributed by atoms with E-state index < -0.39 is 0 Å². The number of rotatable bonds is 7. The number of methoxy groups -OCH3 is 1. The topological polar surface area (TPSA) is 129 Å². The Morgan fingerprint density at radius 3 is 2.90 bits per heavy atom. The summed E-state index contributed by atoms with van der Waals surface area (Å²) in [4.78, 5) is 13.5. The maximum atomic E-state index is 9.73. The second kappa shape index (κ2) is 8.36. The molecule has 2 atom stereocenters. The summed E-state index contributed by atoms with van der Waals surface area (Å²) in [6.07, 6.45) is 9.24. The van der Waals surface area contributed by atoms with Gasteiger partial charge < -0.3 is 15.2 Å². The Bertz CT molecular complexity index is 1170. The minimum atomic E-state index is -0.259. The van der Waals surface area contributed by atoms with Gasteiger partial charge in [0.2, 0.25) is 5.95 Å². The van der Waals surface area contributed by atoms with Crippen LogP contribution in [0.25, 0.3) is 28.1 Å². The summed E-state index contributed by atoms with van der Waals surface area (Å²) in [6, 6.07) is 4.01. The van der Waals surface area contributed by atoms with E-state index in [-0.39, 0.29) is 12.1 Å². The van der Waals surface area contributed by atoms with E-state index in [9.17, 15) is 5.11 Å². The zero-order valence-electron chi connectivity index (χ0n) is 17.1. The van der Waals surface area contributed by atoms with Gasteiger partial charge in [-0.25, -0.2) is 4.98 Å². The van der Waals surface area contributed by atoms with Crippen molar-refractivity contribution in [3.8, 4) is 16.9 Å². The number of ether oxygens (including phenoxy) is 1. The van der Waals surface area contributed by atoms with Crippen molar-refractivity contribution < 1.29 is 9.84 Å². The van der Waals surface area contributed by atoms with Crippen molar-refractivity contribution in [2.24, 2.45) is 0 Å². The van der Waals surface area contributed by atoms with E-state index in [1.165, 1.54) is 0 Å². The monoisotopic (exact) mass is 421 g/mol. The normalized spacial score (nSPS) is 18.6. The van der Waals surface area contributed by atoms with Gasteiger partial charge in [-0.1, -0.05) is 5.21 Å². The number of hydrogen-bond acceptors (Lipinski definition) is 9. The van der Waals surface area contributed by atoms with Gasteiger partial charge in [-0.15, -0.1) is 5.10 Å². The Hall–Kier alpha value is -3.44. The maximum Gasteiger partial charge on any atom is 0.225 e. The summed E-state index contributed by atoms with van der Waals surface area (Å²) in [5.74, 6) is 0.503. The largest absolute Gasteiger partial charge is 0.393 e. The average Bonchev–Trinajstić information content (AvgIpc) is 3.52. The zero-order valence-corrected chi connectivity index (χ0v) is 17.1. The average molecular weight is 421 g/mol. The second-order valence-electron chi connectivity index (χ2n) is 7.60. The van der Waals surface area contributed by atoms with E-state index in [4.69, 9.17) is 4.74 Å². The van der Waals surface area contributed by atoms with Gasteiger partial charge in [-0.2, -0.15) is 14.8 Å². The first-order chi connectivity index (χ1) is 15.2. The number of anilines is 1. The molecule has 1 aliphatic rings. The van der Waals surface area contributed by atoms with Crippen LogP contribution >= 0.6 is 0 Å². The van der Waals surface area contributed by atoms with Crippen LogP contribution in [0.1, 0.15) is 19.3 Å². The lowest BCUT2D eigenvalue weighted by Crippen LogP contribution is -2.18. The molecule has 0 saturated heterocycles. The summed E-state index contributed by atoms with van der Waals surface area (Å²) in [5.41, 5.74) is 3.68. The third kappa shape index (κ3) is 4.09. The van der Waals surface area contributed by atoms with Crippen molar-refractivity contribution in [3.05, 3.63) is 36.9 Å².